The maximum absolute atomic E-state index is 12.1. The Kier molecular flexibility index (Phi) is 5.36. The van der Waals surface area contributed by atoms with E-state index in [9.17, 15) is 4.79 Å². The van der Waals surface area contributed by atoms with E-state index in [0.29, 0.717) is 11.5 Å². The van der Waals surface area contributed by atoms with E-state index in [1.54, 1.807) is 18.3 Å². The molecule has 0 saturated heterocycles. The average molecular weight is 364 g/mol. The van der Waals surface area contributed by atoms with Crippen molar-refractivity contribution >= 4 is 17.8 Å². The molecule has 0 aliphatic carbocycles. The van der Waals surface area contributed by atoms with Crippen molar-refractivity contribution in [2.75, 3.05) is 11.4 Å². The molecule has 1 unspecified atom stereocenters. The SMILES string of the molecule is CCN1c2cc(C)c(/C=N/NC(=O)c3ccccc3)cc2C(C)CC1(C)C. The van der Waals surface area contributed by atoms with Crippen LogP contribution in [-0.2, 0) is 0 Å². The van der Waals surface area contributed by atoms with Gasteiger partial charge in [0.05, 0.1) is 6.21 Å². The smallest absolute Gasteiger partial charge is 0.271 e. The molecule has 1 heterocycles. The lowest BCUT2D eigenvalue weighted by atomic mass is 9.79. The summed E-state index contributed by atoms with van der Waals surface area (Å²) in [7, 11) is 0. The van der Waals surface area contributed by atoms with Gasteiger partial charge in [0.25, 0.3) is 5.91 Å². The van der Waals surface area contributed by atoms with Crippen molar-refractivity contribution in [2.45, 2.75) is 52.5 Å². The zero-order valence-corrected chi connectivity index (χ0v) is 16.9. The first-order valence-corrected chi connectivity index (χ1v) is 9.64. The van der Waals surface area contributed by atoms with Gasteiger partial charge in [0.1, 0.15) is 0 Å². The van der Waals surface area contributed by atoms with Crippen LogP contribution >= 0.6 is 0 Å². The Bertz CT molecular complexity index is 855. The molecular weight excluding hydrogens is 334 g/mol. The van der Waals surface area contributed by atoms with Crippen LogP contribution < -0.4 is 10.3 Å². The number of benzene rings is 2. The van der Waals surface area contributed by atoms with Crippen molar-refractivity contribution in [3.8, 4) is 0 Å². The maximum atomic E-state index is 12.1. The summed E-state index contributed by atoms with van der Waals surface area (Å²) in [6.07, 6.45) is 2.87. The number of rotatable bonds is 4. The van der Waals surface area contributed by atoms with Gasteiger partial charge in [-0.1, -0.05) is 25.1 Å². The normalized spacial score (nSPS) is 18.4. The van der Waals surface area contributed by atoms with Gasteiger partial charge in [-0.3, -0.25) is 4.79 Å². The van der Waals surface area contributed by atoms with E-state index in [-0.39, 0.29) is 11.4 Å². The summed E-state index contributed by atoms with van der Waals surface area (Å²) in [5, 5.41) is 4.18. The number of aryl methyl sites for hydroxylation is 1. The number of carbonyl (C=O) groups excluding carboxylic acids is 1. The van der Waals surface area contributed by atoms with Crippen molar-refractivity contribution in [1.29, 1.82) is 0 Å². The van der Waals surface area contributed by atoms with Crippen molar-refractivity contribution in [2.24, 2.45) is 5.10 Å². The number of hydrogen-bond donors (Lipinski definition) is 1. The minimum Gasteiger partial charge on any atom is -0.366 e. The number of hydrogen-bond acceptors (Lipinski definition) is 3. The summed E-state index contributed by atoms with van der Waals surface area (Å²) in [5.41, 5.74) is 8.27. The largest absolute Gasteiger partial charge is 0.366 e. The Balaban J connectivity index is 1.84. The Labute approximate surface area is 162 Å². The van der Waals surface area contributed by atoms with Crippen LogP contribution in [0.5, 0.6) is 0 Å². The number of carbonyl (C=O) groups is 1. The van der Waals surface area contributed by atoms with E-state index in [0.717, 1.165) is 24.1 Å². The van der Waals surface area contributed by atoms with E-state index in [4.69, 9.17) is 0 Å². The predicted molar refractivity (Wildman–Crippen MR) is 113 cm³/mol. The summed E-state index contributed by atoms with van der Waals surface area (Å²) in [6, 6.07) is 13.6. The van der Waals surface area contributed by atoms with E-state index < -0.39 is 0 Å². The third kappa shape index (κ3) is 3.90. The molecule has 0 radical (unpaired) electrons. The molecular formula is C23H29N3O. The monoisotopic (exact) mass is 363 g/mol. The van der Waals surface area contributed by atoms with Crippen LogP contribution in [0, 0.1) is 6.92 Å². The van der Waals surface area contributed by atoms with Crippen LogP contribution in [0.4, 0.5) is 5.69 Å². The van der Waals surface area contributed by atoms with Crippen LogP contribution in [0.1, 0.15) is 67.1 Å². The summed E-state index contributed by atoms with van der Waals surface area (Å²) >= 11 is 0. The highest BCUT2D eigenvalue weighted by Gasteiger charge is 2.35. The first-order chi connectivity index (χ1) is 12.8. The van der Waals surface area contributed by atoms with E-state index >= 15 is 0 Å². The molecule has 0 spiro atoms. The Morgan fingerprint density at radius 2 is 2.00 bits per heavy atom. The van der Waals surface area contributed by atoms with Crippen LogP contribution in [0.25, 0.3) is 0 Å². The Morgan fingerprint density at radius 1 is 1.30 bits per heavy atom. The summed E-state index contributed by atoms with van der Waals surface area (Å²) < 4.78 is 0. The number of nitrogens with zero attached hydrogens (tertiary/aromatic N) is 2. The van der Waals surface area contributed by atoms with Gasteiger partial charge >= 0.3 is 0 Å². The molecule has 27 heavy (non-hydrogen) atoms. The maximum Gasteiger partial charge on any atom is 0.271 e. The van der Waals surface area contributed by atoms with E-state index in [1.807, 2.05) is 18.2 Å². The molecule has 142 valence electrons. The Morgan fingerprint density at radius 3 is 2.67 bits per heavy atom. The van der Waals surface area contributed by atoms with E-state index in [1.165, 1.54) is 11.3 Å². The van der Waals surface area contributed by atoms with Gasteiger partial charge in [-0.05, 0) is 81.0 Å². The molecule has 0 saturated carbocycles. The molecule has 3 rings (SSSR count). The van der Waals surface area contributed by atoms with Gasteiger partial charge in [-0.15, -0.1) is 0 Å². The standard InChI is InChI=1S/C23H29N3O/c1-6-26-21-12-16(2)19(13-20(21)17(3)14-23(26,4)5)15-24-25-22(27)18-10-8-7-9-11-18/h7-13,15,17H,6,14H2,1-5H3,(H,25,27)/b24-15+. The third-order valence-corrected chi connectivity index (χ3v) is 5.50. The van der Waals surface area contributed by atoms with Gasteiger partial charge in [0, 0.05) is 23.3 Å². The number of fused-ring (bicyclic) bond motifs is 1. The molecule has 1 atom stereocenters. The molecule has 0 bridgehead atoms. The molecule has 2 aromatic carbocycles. The molecule has 0 aromatic heterocycles. The molecule has 1 amide bonds. The van der Waals surface area contributed by atoms with Crippen molar-refractivity contribution in [3.05, 3.63) is 64.7 Å². The minimum absolute atomic E-state index is 0.160. The molecule has 1 N–H and O–H groups in total. The zero-order valence-electron chi connectivity index (χ0n) is 16.9. The van der Waals surface area contributed by atoms with Gasteiger partial charge < -0.3 is 4.90 Å². The number of hydrazone groups is 1. The van der Waals surface area contributed by atoms with Gasteiger partial charge in [-0.2, -0.15) is 5.10 Å². The second kappa shape index (κ2) is 7.55. The average Bonchev–Trinajstić information content (AvgIpc) is 2.63. The lowest BCUT2D eigenvalue weighted by Gasteiger charge is -2.47. The molecule has 4 nitrogen and oxygen atoms in total. The summed E-state index contributed by atoms with van der Waals surface area (Å²) in [6.45, 7) is 12.2. The number of amides is 1. The van der Waals surface area contributed by atoms with Crippen LogP contribution in [-0.4, -0.2) is 24.2 Å². The van der Waals surface area contributed by atoms with Crippen molar-refractivity contribution in [3.63, 3.8) is 0 Å². The van der Waals surface area contributed by atoms with Crippen LogP contribution in [0.3, 0.4) is 0 Å². The van der Waals surface area contributed by atoms with Crippen molar-refractivity contribution < 1.29 is 4.79 Å². The number of nitrogens with one attached hydrogen (secondary N) is 1. The van der Waals surface area contributed by atoms with Gasteiger partial charge in [-0.25, -0.2) is 5.43 Å². The predicted octanol–water partition coefficient (Wildman–Crippen LogP) is 4.87. The molecule has 1 aliphatic rings. The van der Waals surface area contributed by atoms with Crippen molar-refractivity contribution in [1.82, 2.24) is 5.43 Å². The van der Waals surface area contributed by atoms with Crippen LogP contribution in [0.2, 0.25) is 0 Å². The highest BCUT2D eigenvalue weighted by molar-refractivity contribution is 5.95. The fraction of sp³-hybridized carbons (Fsp3) is 0.391. The fourth-order valence-corrected chi connectivity index (χ4v) is 4.20. The lowest BCUT2D eigenvalue weighted by Crippen LogP contribution is -2.48. The summed E-state index contributed by atoms with van der Waals surface area (Å²) in [4.78, 5) is 14.6. The quantitative estimate of drug-likeness (QED) is 0.622. The van der Waals surface area contributed by atoms with Gasteiger partial charge in [0.2, 0.25) is 0 Å². The lowest BCUT2D eigenvalue weighted by molar-refractivity contribution is 0.0955. The summed E-state index contributed by atoms with van der Waals surface area (Å²) in [5.74, 6) is 0.291. The first kappa shape index (κ1) is 19.2. The molecule has 0 fully saturated rings. The topological polar surface area (TPSA) is 44.7 Å². The molecule has 1 aliphatic heterocycles. The highest BCUT2D eigenvalue weighted by atomic mass is 16.2. The highest BCUT2D eigenvalue weighted by Crippen LogP contribution is 2.43. The second-order valence-electron chi connectivity index (χ2n) is 7.99. The van der Waals surface area contributed by atoms with E-state index in [2.05, 4.69) is 62.2 Å². The zero-order chi connectivity index (χ0) is 19.6. The fourth-order valence-electron chi connectivity index (χ4n) is 4.20. The molecule has 4 heteroatoms. The second-order valence-corrected chi connectivity index (χ2v) is 7.99. The minimum atomic E-state index is -0.199. The van der Waals surface area contributed by atoms with Crippen LogP contribution in [0.15, 0.2) is 47.6 Å². The first-order valence-electron chi connectivity index (χ1n) is 9.64. The van der Waals surface area contributed by atoms with Gasteiger partial charge in [0.15, 0.2) is 0 Å². The molecule has 2 aromatic rings. The Hall–Kier alpha value is -2.62. The number of anilines is 1. The third-order valence-electron chi connectivity index (χ3n) is 5.50.